The van der Waals surface area contributed by atoms with Gasteiger partial charge in [0.25, 0.3) is 5.91 Å². The summed E-state index contributed by atoms with van der Waals surface area (Å²) in [5.41, 5.74) is 5.64. The van der Waals surface area contributed by atoms with Crippen LogP contribution in [0.25, 0.3) is 33.4 Å². The second-order valence-corrected chi connectivity index (χ2v) is 11.9. The Morgan fingerprint density at radius 1 is 0.951 bits per heavy atom. The Morgan fingerprint density at radius 2 is 1.71 bits per heavy atom. The molecule has 0 aromatic heterocycles. The number of anilines is 1. The lowest BCUT2D eigenvalue weighted by atomic mass is 9.90. The molecule has 2 aromatic carbocycles. The molecule has 1 fully saturated rings. The largest absolute Gasteiger partial charge is 0.456 e. The first kappa shape index (κ1) is 29.1. The standard InChI is InChI=1S/C32H39N3O5P/c1-6-33(7-2)24-15-17-27-29(19-24)40-30-20-25(34(8-3)9-4)16-18-28(30)32(27)26-14-12-11-13-23(26)21-35-31(36)22-39-41(35,37)38-10-5/h11-20H,6-10,21-22H2,1-5H3/q+1. The van der Waals surface area contributed by atoms with Crippen molar-refractivity contribution in [2.75, 3.05) is 44.3 Å². The number of rotatable bonds is 10. The minimum Gasteiger partial charge on any atom is -0.456 e. The van der Waals surface area contributed by atoms with Gasteiger partial charge in [0.15, 0.2) is 0 Å². The first-order valence-corrected chi connectivity index (χ1v) is 16.0. The van der Waals surface area contributed by atoms with E-state index >= 15 is 0 Å². The summed E-state index contributed by atoms with van der Waals surface area (Å²) in [7, 11) is -3.70. The van der Waals surface area contributed by atoms with Crippen LogP contribution in [0.15, 0.2) is 65.1 Å². The molecule has 1 atom stereocenters. The van der Waals surface area contributed by atoms with Crippen molar-refractivity contribution in [2.45, 2.75) is 41.2 Å². The van der Waals surface area contributed by atoms with Crippen LogP contribution >= 0.6 is 7.75 Å². The van der Waals surface area contributed by atoms with Gasteiger partial charge in [0.05, 0.1) is 19.2 Å². The van der Waals surface area contributed by atoms with Gasteiger partial charge in [-0.25, -0.2) is 13.8 Å². The number of carbonyl (C=O) groups is 1. The lowest BCUT2D eigenvalue weighted by molar-refractivity contribution is -0.126. The summed E-state index contributed by atoms with van der Waals surface area (Å²) in [6.45, 7) is 13.9. The predicted molar refractivity (Wildman–Crippen MR) is 164 cm³/mol. The van der Waals surface area contributed by atoms with E-state index in [9.17, 15) is 9.36 Å². The Morgan fingerprint density at radius 3 is 2.41 bits per heavy atom. The van der Waals surface area contributed by atoms with Gasteiger partial charge in [0.2, 0.25) is 5.36 Å². The van der Waals surface area contributed by atoms with E-state index in [0.29, 0.717) is 0 Å². The van der Waals surface area contributed by atoms with Crippen molar-refractivity contribution in [1.29, 1.82) is 0 Å². The molecule has 3 aliphatic rings. The van der Waals surface area contributed by atoms with Crippen LogP contribution in [-0.4, -0.2) is 50.0 Å². The highest BCUT2D eigenvalue weighted by Gasteiger charge is 2.44. The molecule has 2 heterocycles. The third-order valence-corrected chi connectivity index (χ3v) is 9.78. The average Bonchev–Trinajstić information content (AvgIpc) is 3.26. The highest BCUT2D eigenvalue weighted by molar-refractivity contribution is 7.52. The molecule has 2 aliphatic heterocycles. The normalized spacial score (nSPS) is 17.1. The van der Waals surface area contributed by atoms with E-state index in [0.717, 1.165) is 76.2 Å². The van der Waals surface area contributed by atoms with Crippen molar-refractivity contribution in [3.63, 3.8) is 0 Å². The summed E-state index contributed by atoms with van der Waals surface area (Å²) in [6, 6.07) is 20.7. The van der Waals surface area contributed by atoms with Gasteiger partial charge in [-0.05, 0) is 63.9 Å². The van der Waals surface area contributed by atoms with Crippen LogP contribution in [0.5, 0.6) is 0 Å². The number of nitrogens with zero attached hydrogens (tertiary/aromatic N) is 3. The Bertz CT molecular complexity index is 1650. The number of hydrogen-bond acceptors (Lipinski definition) is 6. The molecule has 0 N–H and O–H groups in total. The smallest absolute Gasteiger partial charge is 0.438 e. The fourth-order valence-electron chi connectivity index (χ4n) is 5.65. The molecule has 1 aliphatic carbocycles. The summed E-state index contributed by atoms with van der Waals surface area (Å²) in [6.07, 6.45) is 0. The zero-order valence-electron chi connectivity index (χ0n) is 24.6. The highest BCUT2D eigenvalue weighted by atomic mass is 31.2. The summed E-state index contributed by atoms with van der Waals surface area (Å²) < 4.78 is 34.4. The summed E-state index contributed by atoms with van der Waals surface area (Å²) in [4.78, 5) is 15.1. The van der Waals surface area contributed by atoms with Gasteiger partial charge in [-0.3, -0.25) is 13.8 Å². The van der Waals surface area contributed by atoms with Crippen LogP contribution in [-0.2, 0) is 25.0 Å². The number of carbonyl (C=O) groups excluding carboxylic acids is 1. The van der Waals surface area contributed by atoms with Crippen molar-refractivity contribution in [3.8, 4) is 22.5 Å². The lowest BCUT2D eigenvalue weighted by Crippen LogP contribution is -2.29. The van der Waals surface area contributed by atoms with Crippen molar-refractivity contribution in [2.24, 2.45) is 0 Å². The monoisotopic (exact) mass is 576 g/mol. The summed E-state index contributed by atoms with van der Waals surface area (Å²) in [5.74, 6) is 0.436. The average molecular weight is 577 g/mol. The van der Waals surface area contributed by atoms with Gasteiger partial charge in [0, 0.05) is 47.4 Å². The Kier molecular flexibility index (Phi) is 8.64. The predicted octanol–water partition coefficient (Wildman–Crippen LogP) is 6.37. The zero-order chi connectivity index (χ0) is 29.1. The molecule has 1 saturated heterocycles. The molecule has 8 nitrogen and oxygen atoms in total. The Labute approximate surface area is 241 Å². The van der Waals surface area contributed by atoms with E-state index < -0.39 is 7.75 Å². The van der Waals surface area contributed by atoms with Gasteiger partial charge in [0.1, 0.15) is 31.0 Å². The molecule has 5 rings (SSSR count). The highest BCUT2D eigenvalue weighted by Crippen LogP contribution is 2.57. The van der Waals surface area contributed by atoms with Gasteiger partial charge >= 0.3 is 7.75 Å². The van der Waals surface area contributed by atoms with Crippen molar-refractivity contribution >= 4 is 30.3 Å². The fourth-order valence-corrected chi connectivity index (χ4v) is 7.26. The third-order valence-electron chi connectivity index (χ3n) is 7.78. The quantitative estimate of drug-likeness (QED) is 0.124. The van der Waals surface area contributed by atoms with E-state index in [1.807, 2.05) is 24.3 Å². The number of fused-ring (bicyclic) bond motifs is 2. The number of hydrogen-bond donors (Lipinski definition) is 0. The fraction of sp³-hybridized carbons (Fsp3) is 0.375. The molecule has 0 spiro atoms. The topological polar surface area (TPSA) is 75.2 Å². The lowest BCUT2D eigenvalue weighted by Gasteiger charge is -2.24. The summed E-state index contributed by atoms with van der Waals surface area (Å²) in [5, 5.41) is 2.07. The number of benzene rings is 3. The molecule has 0 saturated carbocycles. The van der Waals surface area contributed by atoms with E-state index in [1.54, 1.807) is 6.92 Å². The van der Waals surface area contributed by atoms with E-state index in [1.165, 1.54) is 4.67 Å². The van der Waals surface area contributed by atoms with Gasteiger partial charge in [-0.15, -0.1) is 0 Å². The molecule has 1 amide bonds. The minimum absolute atomic E-state index is 0.108. The molecule has 0 radical (unpaired) electrons. The van der Waals surface area contributed by atoms with Gasteiger partial charge in [-0.2, -0.15) is 0 Å². The Hall–Kier alpha value is -3.45. The third kappa shape index (κ3) is 5.44. The van der Waals surface area contributed by atoms with Crippen molar-refractivity contribution < 1.29 is 22.8 Å². The maximum atomic E-state index is 13.4. The molecular formula is C32H39N3O5P+. The van der Waals surface area contributed by atoms with Gasteiger partial charge in [-0.1, -0.05) is 24.3 Å². The first-order valence-electron chi connectivity index (χ1n) is 14.5. The minimum atomic E-state index is -3.70. The SMILES string of the molecule is CCOP1(=O)OCC(=O)N1Cc1ccccc1-c1c2ccc(=[N+](CC)CC)cc-2oc2cc(N(CC)CC)ccc12. The van der Waals surface area contributed by atoms with Crippen LogP contribution < -0.4 is 14.8 Å². The van der Waals surface area contributed by atoms with Gasteiger partial charge < -0.3 is 9.32 Å². The van der Waals surface area contributed by atoms with E-state index in [4.69, 9.17) is 13.5 Å². The van der Waals surface area contributed by atoms with Crippen LogP contribution in [0.3, 0.4) is 0 Å². The van der Waals surface area contributed by atoms with Crippen LogP contribution in [0.2, 0.25) is 0 Å². The molecule has 9 heteroatoms. The van der Waals surface area contributed by atoms with Crippen LogP contribution in [0, 0.1) is 0 Å². The van der Waals surface area contributed by atoms with E-state index in [2.05, 4.69) is 73.6 Å². The molecule has 41 heavy (non-hydrogen) atoms. The zero-order valence-corrected chi connectivity index (χ0v) is 25.4. The number of amides is 1. The van der Waals surface area contributed by atoms with Crippen molar-refractivity contribution in [1.82, 2.24) is 9.25 Å². The first-order chi connectivity index (χ1) is 19.9. The Balaban J connectivity index is 1.77. The van der Waals surface area contributed by atoms with Crippen LogP contribution in [0.1, 0.15) is 40.2 Å². The maximum absolute atomic E-state index is 13.4. The molecular weight excluding hydrogens is 537 g/mol. The second kappa shape index (κ2) is 12.2. The second-order valence-electron chi connectivity index (χ2n) is 9.95. The molecule has 216 valence electrons. The van der Waals surface area contributed by atoms with E-state index in [-0.39, 0.29) is 25.7 Å². The van der Waals surface area contributed by atoms with Crippen LogP contribution in [0.4, 0.5) is 5.69 Å². The van der Waals surface area contributed by atoms with Crippen molar-refractivity contribution in [3.05, 3.63) is 71.6 Å². The maximum Gasteiger partial charge on any atom is 0.438 e. The molecule has 1 unspecified atom stereocenters. The molecule has 2 aromatic rings. The summed E-state index contributed by atoms with van der Waals surface area (Å²) >= 11 is 0. The molecule has 0 bridgehead atoms.